The molecule has 2 heterocycles. The molecule has 1 saturated heterocycles. The molecule has 0 amide bonds. The van der Waals surface area contributed by atoms with E-state index < -0.39 is 0 Å². The van der Waals surface area contributed by atoms with E-state index in [9.17, 15) is 0 Å². The van der Waals surface area contributed by atoms with Crippen molar-refractivity contribution in [2.75, 3.05) is 34.4 Å². The maximum atomic E-state index is 5.84. The summed E-state index contributed by atoms with van der Waals surface area (Å²) >= 11 is 0. The Labute approximate surface area is 219 Å². The minimum absolute atomic E-state index is 0.557. The number of ether oxygens (including phenoxy) is 2. The number of piperidine rings is 1. The Hall–Kier alpha value is -1.95. The van der Waals surface area contributed by atoms with Crippen molar-refractivity contribution in [1.29, 1.82) is 0 Å². The maximum absolute atomic E-state index is 5.84. The molecule has 198 valence electrons. The molecule has 5 rings (SSSR count). The molecule has 36 heavy (non-hydrogen) atoms. The summed E-state index contributed by atoms with van der Waals surface area (Å²) in [5.41, 5.74) is 5.70. The smallest absolute Gasteiger partial charge is 0.137 e. The highest BCUT2D eigenvalue weighted by atomic mass is 16.5. The minimum Gasteiger partial charge on any atom is -0.492 e. The number of hydrogen-bond acceptors (Lipinski definition) is 5. The number of methoxy groups -OCH3 is 1. The van der Waals surface area contributed by atoms with Gasteiger partial charge in [-0.3, -0.25) is 14.8 Å². The van der Waals surface area contributed by atoms with Crippen LogP contribution < -0.4 is 4.74 Å². The fourth-order valence-electron chi connectivity index (χ4n) is 5.58. The van der Waals surface area contributed by atoms with Crippen molar-refractivity contribution in [3.8, 4) is 5.75 Å². The van der Waals surface area contributed by atoms with Crippen LogP contribution in [0.5, 0.6) is 5.75 Å². The molecular weight excluding hydrogens is 446 g/mol. The van der Waals surface area contributed by atoms with Crippen molar-refractivity contribution in [1.82, 2.24) is 14.8 Å². The second kappa shape index (κ2) is 13.0. The van der Waals surface area contributed by atoms with Crippen LogP contribution in [0.25, 0.3) is 0 Å². The van der Waals surface area contributed by atoms with Crippen molar-refractivity contribution in [3.05, 3.63) is 58.9 Å². The predicted octanol–water partition coefficient (Wildman–Crippen LogP) is 5.74. The first-order valence-corrected chi connectivity index (χ1v) is 14.0. The number of likely N-dealkylation sites (N-methyl/N-ethyl adjacent to an activating group) is 1. The highest BCUT2D eigenvalue weighted by Crippen LogP contribution is 2.31. The zero-order valence-corrected chi connectivity index (χ0v) is 23.2. The molecule has 5 nitrogen and oxygen atoms in total. The summed E-state index contributed by atoms with van der Waals surface area (Å²) in [5, 5.41) is 0. The molecule has 2 aromatic rings. The molecule has 2 unspecified atom stereocenters. The Bertz CT molecular complexity index is 943. The van der Waals surface area contributed by atoms with E-state index in [4.69, 9.17) is 4.74 Å². The normalized spacial score (nSPS) is 23.8. The second-order valence-electron chi connectivity index (χ2n) is 11.4. The van der Waals surface area contributed by atoms with Crippen LogP contribution in [0, 0.1) is 11.8 Å². The molecule has 3 atom stereocenters. The first-order valence-electron chi connectivity index (χ1n) is 14.0. The van der Waals surface area contributed by atoms with Crippen LogP contribution in [0.2, 0.25) is 0 Å². The molecule has 1 aromatic carbocycles. The van der Waals surface area contributed by atoms with Gasteiger partial charge in [0.05, 0.1) is 18.5 Å². The third-order valence-electron chi connectivity index (χ3n) is 8.27. The molecule has 0 N–H and O–H groups in total. The maximum Gasteiger partial charge on any atom is 0.137 e. The molecular formula is C31H47N3O2. The van der Waals surface area contributed by atoms with Crippen molar-refractivity contribution in [2.45, 2.75) is 84.0 Å². The quantitative estimate of drug-likeness (QED) is 0.445. The highest BCUT2D eigenvalue weighted by molar-refractivity contribution is 5.37. The number of fused-ring (bicyclic) bond motifs is 1. The van der Waals surface area contributed by atoms with Crippen LogP contribution >= 0.6 is 0 Å². The summed E-state index contributed by atoms with van der Waals surface area (Å²) in [6.45, 7) is 8.85. The van der Waals surface area contributed by atoms with Crippen LogP contribution in [0.1, 0.15) is 68.3 Å². The van der Waals surface area contributed by atoms with Crippen LogP contribution in [0.4, 0.5) is 0 Å². The summed E-state index contributed by atoms with van der Waals surface area (Å²) < 4.78 is 10.1. The summed E-state index contributed by atoms with van der Waals surface area (Å²) in [6, 6.07) is 12.7. The summed E-state index contributed by atoms with van der Waals surface area (Å²) in [4.78, 5) is 9.85. The zero-order chi connectivity index (χ0) is 25.5. The lowest BCUT2D eigenvalue weighted by Crippen LogP contribution is -2.41. The van der Waals surface area contributed by atoms with Crippen LogP contribution in [-0.2, 0) is 30.7 Å². The zero-order valence-electron chi connectivity index (χ0n) is 23.2. The van der Waals surface area contributed by atoms with Gasteiger partial charge in [0.2, 0.25) is 0 Å². The van der Waals surface area contributed by atoms with Gasteiger partial charge in [-0.2, -0.15) is 0 Å². The molecule has 0 spiro atoms. The van der Waals surface area contributed by atoms with Gasteiger partial charge in [0.25, 0.3) is 0 Å². The highest BCUT2D eigenvalue weighted by Gasteiger charge is 2.27. The number of aromatic nitrogens is 1. The Balaban J connectivity index is 0.000000967. The third-order valence-corrected chi connectivity index (χ3v) is 8.27. The average Bonchev–Trinajstić information content (AvgIpc) is 3.61. The summed E-state index contributed by atoms with van der Waals surface area (Å²) in [7, 11) is 5.50. The van der Waals surface area contributed by atoms with Gasteiger partial charge in [-0.15, -0.1) is 0 Å². The summed E-state index contributed by atoms with van der Waals surface area (Å²) in [5.74, 6) is 2.56. The van der Waals surface area contributed by atoms with Crippen molar-refractivity contribution in [2.24, 2.45) is 11.8 Å². The van der Waals surface area contributed by atoms with Gasteiger partial charge in [0.1, 0.15) is 5.75 Å². The topological polar surface area (TPSA) is 37.8 Å². The van der Waals surface area contributed by atoms with Gasteiger partial charge in [-0.05, 0) is 93.2 Å². The van der Waals surface area contributed by atoms with Crippen molar-refractivity contribution >= 4 is 0 Å². The molecule has 2 fully saturated rings. The average molecular weight is 494 g/mol. The first-order chi connectivity index (χ1) is 17.5. The lowest BCUT2D eigenvalue weighted by atomic mass is 9.91. The lowest BCUT2D eigenvalue weighted by molar-refractivity contribution is 0.108. The van der Waals surface area contributed by atoms with E-state index >= 15 is 0 Å². The number of likely N-dealkylation sites (tertiary alicyclic amines) is 1. The van der Waals surface area contributed by atoms with Gasteiger partial charge in [0.15, 0.2) is 0 Å². The van der Waals surface area contributed by atoms with Crippen LogP contribution in [-0.4, -0.2) is 61.3 Å². The van der Waals surface area contributed by atoms with Crippen molar-refractivity contribution in [3.63, 3.8) is 0 Å². The van der Waals surface area contributed by atoms with E-state index in [0.29, 0.717) is 12.1 Å². The molecule has 1 saturated carbocycles. The standard InChI is InChI=1S/C29H41N3O.C2H6O/c1-4-22-6-5-21(2)32(17-22)18-24-9-10-25-14-28(15-26(25)13-24)31(3)19-27-11-12-29(16-30-27)33-20-23-7-8-23;1-3-2/h9-13,16,21-23,28H,4-8,14-15,17-20H2,1-3H3;1-2H3/t21?,22?,28-;/m1./s1. The fourth-order valence-corrected chi connectivity index (χ4v) is 5.58. The fraction of sp³-hybridized carbons (Fsp3) is 0.645. The van der Waals surface area contributed by atoms with Crippen LogP contribution in [0.15, 0.2) is 36.5 Å². The lowest BCUT2D eigenvalue weighted by Gasteiger charge is -2.38. The van der Waals surface area contributed by atoms with Crippen molar-refractivity contribution < 1.29 is 9.47 Å². The van der Waals surface area contributed by atoms with E-state index in [2.05, 4.69) is 70.7 Å². The van der Waals surface area contributed by atoms with E-state index in [0.717, 1.165) is 55.8 Å². The van der Waals surface area contributed by atoms with E-state index in [-0.39, 0.29) is 0 Å². The predicted molar refractivity (Wildman–Crippen MR) is 147 cm³/mol. The molecule has 0 bridgehead atoms. The van der Waals surface area contributed by atoms with Gasteiger partial charge in [0, 0.05) is 45.9 Å². The summed E-state index contributed by atoms with van der Waals surface area (Å²) in [6.07, 6.45) is 10.9. The minimum atomic E-state index is 0.557. The Morgan fingerprint density at radius 1 is 1.00 bits per heavy atom. The molecule has 1 aromatic heterocycles. The number of hydrogen-bond donors (Lipinski definition) is 0. The van der Waals surface area contributed by atoms with Gasteiger partial charge >= 0.3 is 0 Å². The number of nitrogens with zero attached hydrogens (tertiary/aromatic N) is 3. The molecule has 0 radical (unpaired) electrons. The largest absolute Gasteiger partial charge is 0.492 e. The number of pyridine rings is 1. The van der Waals surface area contributed by atoms with Gasteiger partial charge in [-0.25, -0.2) is 0 Å². The Kier molecular flexibility index (Phi) is 9.80. The SMILES string of the molecule is CCC1CCC(C)N(Cc2ccc3c(c2)C[C@H](N(C)Cc2ccc(OCC4CC4)cn2)C3)C1.COC. The van der Waals surface area contributed by atoms with Gasteiger partial charge in [-0.1, -0.05) is 31.5 Å². The van der Waals surface area contributed by atoms with Gasteiger partial charge < -0.3 is 9.47 Å². The molecule has 2 aliphatic carbocycles. The second-order valence-corrected chi connectivity index (χ2v) is 11.4. The third kappa shape index (κ3) is 7.53. The van der Waals surface area contributed by atoms with E-state index in [1.165, 1.54) is 49.8 Å². The number of rotatable bonds is 9. The monoisotopic (exact) mass is 493 g/mol. The number of benzene rings is 1. The molecule has 1 aliphatic heterocycles. The molecule has 3 aliphatic rings. The Morgan fingerprint density at radius 2 is 1.75 bits per heavy atom. The van der Waals surface area contributed by atoms with E-state index in [1.54, 1.807) is 19.8 Å². The Morgan fingerprint density at radius 3 is 2.44 bits per heavy atom. The van der Waals surface area contributed by atoms with Crippen LogP contribution in [0.3, 0.4) is 0 Å². The molecule has 5 heteroatoms. The van der Waals surface area contributed by atoms with E-state index in [1.807, 2.05) is 6.20 Å². The first kappa shape index (κ1) is 27.1.